The van der Waals surface area contributed by atoms with Crippen LogP contribution >= 0.6 is 0 Å². The van der Waals surface area contributed by atoms with E-state index in [2.05, 4.69) is 62.4 Å². The van der Waals surface area contributed by atoms with Crippen LogP contribution in [-0.2, 0) is 41.4 Å². The van der Waals surface area contributed by atoms with Crippen LogP contribution in [0.4, 0.5) is 0 Å². The van der Waals surface area contributed by atoms with Gasteiger partial charge in [0, 0.05) is 89.2 Å². The normalized spacial score (nSPS) is 15.6. The first kappa shape index (κ1) is 36.3. The molecule has 0 amide bonds. The Balaban J connectivity index is 1.92. The third kappa shape index (κ3) is 7.44. The summed E-state index contributed by atoms with van der Waals surface area (Å²) in [6.45, 7) is 19.3. The van der Waals surface area contributed by atoms with Gasteiger partial charge >= 0.3 is 17.9 Å². The lowest BCUT2D eigenvalue weighted by molar-refractivity contribution is -0.141. The zero-order valence-corrected chi connectivity index (χ0v) is 30.5. The zero-order valence-electron chi connectivity index (χ0n) is 30.5. The van der Waals surface area contributed by atoms with Gasteiger partial charge in [-0.15, -0.1) is 0 Å². The average molecular weight is 681 g/mol. The average Bonchev–Trinajstić information content (AvgIpc) is 3.73. The predicted molar refractivity (Wildman–Crippen MR) is 196 cm³/mol. The number of aromatic amines is 2. The van der Waals surface area contributed by atoms with Gasteiger partial charge in [0.1, 0.15) is 6.61 Å². The number of esters is 3. The molecule has 0 saturated carbocycles. The third-order valence-electron chi connectivity index (χ3n) is 9.90. The minimum absolute atomic E-state index is 0.00274. The molecule has 264 valence electrons. The van der Waals surface area contributed by atoms with Crippen molar-refractivity contribution in [3.05, 3.63) is 75.4 Å². The Morgan fingerprint density at radius 1 is 0.840 bits per heavy atom. The second-order valence-electron chi connectivity index (χ2n) is 13.1. The summed E-state index contributed by atoms with van der Waals surface area (Å²) in [6.07, 6.45) is 4.39. The van der Waals surface area contributed by atoms with Crippen molar-refractivity contribution in [3.8, 4) is 0 Å². The molecule has 0 spiro atoms. The fourth-order valence-corrected chi connectivity index (χ4v) is 7.14. The lowest BCUT2D eigenvalue weighted by Crippen LogP contribution is -2.12. The van der Waals surface area contributed by atoms with Gasteiger partial charge in [-0.25, -0.2) is 4.98 Å². The van der Waals surface area contributed by atoms with Crippen molar-refractivity contribution < 1.29 is 28.6 Å². The Kier molecular flexibility index (Phi) is 11.1. The maximum Gasteiger partial charge on any atom is 0.302 e. The largest absolute Gasteiger partial charge is 0.466 e. The van der Waals surface area contributed by atoms with Crippen LogP contribution in [0, 0.1) is 13.8 Å². The number of fused-ring (bicyclic) bond motifs is 8. The fraction of sp³-hybridized carbons (Fsp3) is 0.425. The van der Waals surface area contributed by atoms with Gasteiger partial charge in [-0.2, -0.15) is 0 Å². The molecule has 0 unspecified atom stereocenters. The molecule has 0 fully saturated rings. The van der Waals surface area contributed by atoms with E-state index in [0.717, 1.165) is 79.0 Å². The smallest absolute Gasteiger partial charge is 0.302 e. The summed E-state index contributed by atoms with van der Waals surface area (Å²) in [4.78, 5) is 53.5. The van der Waals surface area contributed by atoms with Crippen molar-refractivity contribution in [2.75, 3.05) is 19.8 Å². The molecule has 10 nitrogen and oxygen atoms in total. The van der Waals surface area contributed by atoms with Crippen LogP contribution in [0.25, 0.3) is 39.3 Å². The van der Waals surface area contributed by atoms with Gasteiger partial charge in [-0.05, 0) is 80.5 Å². The number of carbonyl (C=O) groups excluding carboxylic acids is 3. The quantitative estimate of drug-likeness (QED) is 0.118. The highest BCUT2D eigenvalue weighted by molar-refractivity contribution is 5.94. The second kappa shape index (κ2) is 15.3. The highest BCUT2D eigenvalue weighted by atomic mass is 16.5. The van der Waals surface area contributed by atoms with Crippen molar-refractivity contribution in [1.82, 2.24) is 19.9 Å². The van der Waals surface area contributed by atoms with Crippen LogP contribution in [-0.4, -0.2) is 57.7 Å². The number of nitrogens with zero attached hydrogens (tertiary/aromatic N) is 2. The predicted octanol–water partition coefficient (Wildman–Crippen LogP) is 7.97. The Bertz CT molecular complexity index is 2050. The highest BCUT2D eigenvalue weighted by Gasteiger charge is 2.33. The number of hydrogen-bond acceptors (Lipinski definition) is 8. The molecule has 8 bridgehead atoms. The van der Waals surface area contributed by atoms with E-state index in [0.29, 0.717) is 31.6 Å². The molecule has 2 aliphatic rings. The molecule has 2 atom stereocenters. The lowest BCUT2D eigenvalue weighted by Gasteiger charge is -2.19. The van der Waals surface area contributed by atoms with E-state index >= 15 is 0 Å². The summed E-state index contributed by atoms with van der Waals surface area (Å²) in [5, 5.41) is 0. The maximum absolute atomic E-state index is 12.1. The molecule has 2 aliphatic heterocycles. The molecular formula is C40H48N4O6. The lowest BCUT2D eigenvalue weighted by atomic mass is 9.84. The van der Waals surface area contributed by atoms with Crippen LogP contribution in [0.15, 0.2) is 24.8 Å². The molecule has 3 aromatic rings. The number of rotatable bonds is 11. The number of hydrogen-bond donors (Lipinski definition) is 2. The van der Waals surface area contributed by atoms with Crippen molar-refractivity contribution in [2.24, 2.45) is 0 Å². The molecule has 0 radical (unpaired) electrons. The SMILES string of the molecule is C=Cc1c(C)c2cc3nc(c(CCOC(C)=O)c4nc(cc5[nH]c(cc1[nH]2)c(C)c5CC)C(C)=C4COC(C)=O)[C@@H](CCCOC(C)=O)[C@@H]3C. The van der Waals surface area contributed by atoms with Crippen LogP contribution in [0.5, 0.6) is 0 Å². The van der Waals surface area contributed by atoms with Crippen molar-refractivity contribution in [2.45, 2.75) is 92.9 Å². The number of nitrogens with one attached hydrogen (secondary N) is 2. The summed E-state index contributed by atoms with van der Waals surface area (Å²) in [7, 11) is 0. The summed E-state index contributed by atoms with van der Waals surface area (Å²) < 4.78 is 16.4. The van der Waals surface area contributed by atoms with Gasteiger partial charge in [-0.1, -0.05) is 26.5 Å². The molecule has 3 aromatic heterocycles. The number of aromatic nitrogens is 4. The van der Waals surface area contributed by atoms with Crippen LogP contribution in [0.3, 0.4) is 0 Å². The van der Waals surface area contributed by atoms with Gasteiger partial charge in [-0.3, -0.25) is 19.4 Å². The molecule has 2 N–H and O–H groups in total. The first-order valence-corrected chi connectivity index (χ1v) is 17.3. The summed E-state index contributed by atoms with van der Waals surface area (Å²) in [6, 6.07) is 6.31. The third-order valence-corrected chi connectivity index (χ3v) is 9.90. The first-order chi connectivity index (χ1) is 23.8. The Hall–Kier alpha value is -4.99. The van der Waals surface area contributed by atoms with Gasteiger partial charge in [0.2, 0.25) is 0 Å². The topological polar surface area (TPSA) is 136 Å². The van der Waals surface area contributed by atoms with Crippen molar-refractivity contribution in [3.63, 3.8) is 0 Å². The van der Waals surface area contributed by atoms with Crippen molar-refractivity contribution in [1.29, 1.82) is 0 Å². The van der Waals surface area contributed by atoms with Gasteiger partial charge in [0.25, 0.3) is 0 Å². The van der Waals surface area contributed by atoms with Crippen LogP contribution in [0.2, 0.25) is 0 Å². The minimum atomic E-state index is -0.393. The van der Waals surface area contributed by atoms with E-state index in [1.165, 1.54) is 26.3 Å². The van der Waals surface area contributed by atoms with Crippen LogP contribution in [0.1, 0.15) is 117 Å². The molecule has 5 heterocycles. The van der Waals surface area contributed by atoms with Gasteiger partial charge < -0.3 is 24.2 Å². The molecular weight excluding hydrogens is 632 g/mol. The second-order valence-corrected chi connectivity index (χ2v) is 13.1. The number of carbonyl (C=O) groups is 3. The van der Waals surface area contributed by atoms with E-state index in [4.69, 9.17) is 24.2 Å². The summed E-state index contributed by atoms with van der Waals surface area (Å²) >= 11 is 0. The Morgan fingerprint density at radius 2 is 1.50 bits per heavy atom. The van der Waals surface area contributed by atoms with E-state index in [-0.39, 0.29) is 37.0 Å². The molecule has 5 rings (SSSR count). The van der Waals surface area contributed by atoms with Crippen LogP contribution < -0.4 is 0 Å². The molecule has 10 heteroatoms. The first-order valence-electron chi connectivity index (χ1n) is 17.3. The number of allylic oxidation sites excluding steroid dienone is 1. The molecule has 0 aromatic carbocycles. The van der Waals surface area contributed by atoms with E-state index in [1.807, 2.05) is 13.0 Å². The summed E-state index contributed by atoms with van der Waals surface area (Å²) in [5.74, 6) is -1.13. The molecule has 0 aliphatic carbocycles. The van der Waals surface area contributed by atoms with Gasteiger partial charge in [0.15, 0.2) is 0 Å². The summed E-state index contributed by atoms with van der Waals surface area (Å²) in [5.41, 5.74) is 13.9. The molecule has 50 heavy (non-hydrogen) atoms. The van der Waals surface area contributed by atoms with Gasteiger partial charge in [0.05, 0.1) is 24.6 Å². The maximum atomic E-state index is 12.1. The standard InChI is InChI=1S/C40H48N4O6/c1-10-28-21(3)33-17-35-23(5)30(13-12-15-48-25(7)45)39(43-35)31(14-16-49-26(8)46)40-32(20-50-27(9)47)24(6)36(44-40)19-38-29(11-2)22(4)34(42-38)18-37(28)41-33/h10,17-19,23,30,41-42H,1,11-16,20H2,2-9H3/t23-,30-/m0/s1. The fourth-order valence-electron chi connectivity index (χ4n) is 7.14. The number of H-pyrrole nitrogens is 2. The highest BCUT2D eigenvalue weighted by Crippen LogP contribution is 2.43. The van der Waals surface area contributed by atoms with E-state index < -0.39 is 5.97 Å². The Morgan fingerprint density at radius 3 is 2.16 bits per heavy atom. The zero-order chi connectivity index (χ0) is 36.3. The number of ether oxygens (including phenoxy) is 3. The monoisotopic (exact) mass is 680 g/mol. The van der Waals surface area contributed by atoms with E-state index in [1.54, 1.807) is 0 Å². The molecule has 0 saturated heterocycles. The van der Waals surface area contributed by atoms with Crippen molar-refractivity contribution >= 4 is 57.2 Å². The Labute approximate surface area is 293 Å². The minimum Gasteiger partial charge on any atom is -0.466 e. The van der Waals surface area contributed by atoms with E-state index in [9.17, 15) is 14.4 Å². The number of aryl methyl sites for hydroxylation is 3.